The Kier molecular flexibility index (Phi) is 5.94. The monoisotopic (exact) mass is 514 g/mol. The molecule has 0 aliphatic rings. The highest BCUT2D eigenvalue weighted by atomic mass is 15.1. The predicted molar refractivity (Wildman–Crippen MR) is 170 cm³/mol. The lowest BCUT2D eigenvalue weighted by Crippen LogP contribution is -2.09. The summed E-state index contributed by atoms with van der Waals surface area (Å²) in [7, 11) is 0. The van der Waals surface area contributed by atoms with Gasteiger partial charge in [-0.15, -0.1) is 0 Å². The summed E-state index contributed by atoms with van der Waals surface area (Å²) >= 11 is 0. The minimum absolute atomic E-state index is 1.14. The lowest BCUT2D eigenvalue weighted by Gasteiger charge is -2.26. The van der Waals surface area contributed by atoms with E-state index < -0.39 is 0 Å². The summed E-state index contributed by atoms with van der Waals surface area (Å²) in [6.07, 6.45) is 0. The van der Waals surface area contributed by atoms with Gasteiger partial charge in [0.05, 0.1) is 11.0 Å². The van der Waals surface area contributed by atoms with E-state index in [4.69, 9.17) is 0 Å². The van der Waals surface area contributed by atoms with Crippen molar-refractivity contribution in [2.75, 3.05) is 4.90 Å². The van der Waals surface area contributed by atoms with Crippen molar-refractivity contribution in [1.29, 1.82) is 0 Å². The van der Waals surface area contributed by atoms with Crippen LogP contribution in [0.25, 0.3) is 38.6 Å². The summed E-state index contributed by atoms with van der Waals surface area (Å²) < 4.78 is 2.36. The Balaban J connectivity index is 1.31. The number of rotatable bonds is 5. The first kappa shape index (κ1) is 24.0. The van der Waals surface area contributed by atoms with Crippen LogP contribution in [0.2, 0.25) is 0 Å². The molecule has 0 bridgehead atoms. The van der Waals surface area contributed by atoms with Crippen LogP contribution in [0, 0.1) is 13.8 Å². The third-order valence-electron chi connectivity index (χ3n) is 7.73. The topological polar surface area (TPSA) is 8.17 Å². The second kappa shape index (κ2) is 9.91. The Labute approximate surface area is 235 Å². The van der Waals surface area contributed by atoms with E-state index in [-0.39, 0.29) is 0 Å². The van der Waals surface area contributed by atoms with Crippen LogP contribution >= 0.6 is 0 Å². The maximum absolute atomic E-state index is 2.36. The van der Waals surface area contributed by atoms with Crippen LogP contribution in [0.1, 0.15) is 11.1 Å². The fourth-order valence-electron chi connectivity index (χ4n) is 5.65. The fourth-order valence-corrected chi connectivity index (χ4v) is 5.65. The van der Waals surface area contributed by atoms with E-state index in [1.165, 1.54) is 49.7 Å². The first-order valence-corrected chi connectivity index (χ1v) is 13.8. The summed E-state index contributed by atoms with van der Waals surface area (Å²) in [6.45, 7) is 4.26. The van der Waals surface area contributed by atoms with Crippen LogP contribution in [0.4, 0.5) is 17.1 Å². The molecule has 0 amide bonds. The summed E-state index contributed by atoms with van der Waals surface area (Å²) in [5.74, 6) is 0. The number of anilines is 3. The van der Waals surface area contributed by atoms with Crippen LogP contribution in [0.15, 0.2) is 146 Å². The molecular weight excluding hydrogens is 484 g/mol. The summed E-state index contributed by atoms with van der Waals surface area (Å²) in [6, 6.07) is 52.5. The molecule has 2 nitrogen and oxygen atoms in total. The van der Waals surface area contributed by atoms with Gasteiger partial charge in [-0.3, -0.25) is 0 Å². The second-order valence-electron chi connectivity index (χ2n) is 10.5. The number of hydrogen-bond donors (Lipinski definition) is 0. The number of nitrogens with zero attached hydrogens (tertiary/aromatic N) is 2. The smallest absolute Gasteiger partial charge is 0.0541 e. The molecule has 40 heavy (non-hydrogen) atoms. The van der Waals surface area contributed by atoms with Crippen molar-refractivity contribution in [2.45, 2.75) is 13.8 Å². The Morgan fingerprint density at radius 3 is 1.55 bits per heavy atom. The van der Waals surface area contributed by atoms with Crippen molar-refractivity contribution in [3.63, 3.8) is 0 Å². The third-order valence-corrected chi connectivity index (χ3v) is 7.73. The quantitative estimate of drug-likeness (QED) is 0.222. The number of aromatic nitrogens is 1. The van der Waals surface area contributed by atoms with Gasteiger partial charge in [-0.05, 0) is 91.7 Å². The molecule has 0 saturated heterocycles. The van der Waals surface area contributed by atoms with Crippen molar-refractivity contribution in [1.82, 2.24) is 4.57 Å². The van der Waals surface area contributed by atoms with Gasteiger partial charge in [-0.1, -0.05) is 90.0 Å². The lowest BCUT2D eigenvalue weighted by atomic mass is 10.0. The Morgan fingerprint density at radius 1 is 0.425 bits per heavy atom. The van der Waals surface area contributed by atoms with Crippen molar-refractivity contribution in [2.24, 2.45) is 0 Å². The molecule has 0 atom stereocenters. The largest absolute Gasteiger partial charge is 0.311 e. The molecular formula is C38H30N2. The van der Waals surface area contributed by atoms with Gasteiger partial charge in [0.1, 0.15) is 0 Å². The van der Waals surface area contributed by atoms with Gasteiger partial charge in [-0.2, -0.15) is 0 Å². The maximum Gasteiger partial charge on any atom is 0.0541 e. The first-order valence-electron chi connectivity index (χ1n) is 13.8. The number of para-hydroxylation sites is 2. The van der Waals surface area contributed by atoms with Crippen LogP contribution in [0.3, 0.4) is 0 Å². The molecule has 192 valence electrons. The van der Waals surface area contributed by atoms with E-state index >= 15 is 0 Å². The number of fused-ring (bicyclic) bond motifs is 3. The first-order chi connectivity index (χ1) is 19.7. The van der Waals surface area contributed by atoms with Gasteiger partial charge in [0.2, 0.25) is 0 Å². The number of aryl methyl sites for hydroxylation is 2. The highest BCUT2D eigenvalue weighted by Crippen LogP contribution is 2.38. The van der Waals surface area contributed by atoms with E-state index in [0.29, 0.717) is 0 Å². The second-order valence-corrected chi connectivity index (χ2v) is 10.5. The van der Waals surface area contributed by atoms with Gasteiger partial charge >= 0.3 is 0 Å². The molecule has 0 radical (unpaired) electrons. The molecule has 1 heterocycles. The van der Waals surface area contributed by atoms with E-state index in [2.05, 4.69) is 169 Å². The molecule has 0 spiro atoms. The van der Waals surface area contributed by atoms with Crippen molar-refractivity contribution in [3.05, 3.63) is 157 Å². The Bertz CT molecular complexity index is 1880. The minimum Gasteiger partial charge on any atom is -0.311 e. The van der Waals surface area contributed by atoms with Gasteiger partial charge in [0, 0.05) is 33.5 Å². The average molecular weight is 515 g/mol. The molecule has 7 aromatic rings. The van der Waals surface area contributed by atoms with Gasteiger partial charge in [0.25, 0.3) is 0 Å². The fraction of sp³-hybridized carbons (Fsp3) is 0.0526. The van der Waals surface area contributed by atoms with Crippen LogP contribution in [-0.4, -0.2) is 4.57 Å². The molecule has 0 saturated carbocycles. The number of benzene rings is 6. The Morgan fingerprint density at radius 2 is 0.925 bits per heavy atom. The lowest BCUT2D eigenvalue weighted by molar-refractivity contribution is 1.18. The average Bonchev–Trinajstić information content (AvgIpc) is 3.34. The molecule has 0 N–H and O–H groups in total. The minimum atomic E-state index is 1.14. The SMILES string of the molecule is Cc1ccc(N(c2ccc(C)cc2)c2ccc(-c3ccc4c(c3)c3ccccc3n4-c3ccccc3)cc2)cc1. The van der Waals surface area contributed by atoms with E-state index in [9.17, 15) is 0 Å². The summed E-state index contributed by atoms with van der Waals surface area (Å²) in [5, 5.41) is 2.53. The van der Waals surface area contributed by atoms with E-state index in [1.807, 2.05) is 0 Å². The maximum atomic E-state index is 2.36. The van der Waals surface area contributed by atoms with Crippen LogP contribution < -0.4 is 4.90 Å². The van der Waals surface area contributed by atoms with Crippen LogP contribution in [-0.2, 0) is 0 Å². The molecule has 2 heteroatoms. The summed E-state index contributed by atoms with van der Waals surface area (Å²) in [5.41, 5.74) is 12.0. The highest BCUT2D eigenvalue weighted by Gasteiger charge is 2.15. The van der Waals surface area contributed by atoms with Crippen LogP contribution in [0.5, 0.6) is 0 Å². The van der Waals surface area contributed by atoms with Crippen molar-refractivity contribution >= 4 is 38.9 Å². The molecule has 0 fully saturated rings. The van der Waals surface area contributed by atoms with Gasteiger partial charge in [-0.25, -0.2) is 0 Å². The highest BCUT2D eigenvalue weighted by molar-refractivity contribution is 6.10. The molecule has 0 aliphatic heterocycles. The van der Waals surface area contributed by atoms with Crippen molar-refractivity contribution < 1.29 is 0 Å². The molecule has 1 aromatic heterocycles. The number of hydrogen-bond acceptors (Lipinski definition) is 1. The molecule has 7 rings (SSSR count). The zero-order valence-electron chi connectivity index (χ0n) is 22.8. The molecule has 6 aromatic carbocycles. The van der Waals surface area contributed by atoms with Crippen molar-refractivity contribution in [3.8, 4) is 16.8 Å². The normalized spacial score (nSPS) is 11.2. The summed E-state index contributed by atoms with van der Waals surface area (Å²) in [4.78, 5) is 2.32. The van der Waals surface area contributed by atoms with E-state index in [0.717, 1.165) is 17.1 Å². The Hall–Kier alpha value is -5.08. The van der Waals surface area contributed by atoms with Gasteiger partial charge < -0.3 is 9.47 Å². The third kappa shape index (κ3) is 4.24. The van der Waals surface area contributed by atoms with Gasteiger partial charge in [0.15, 0.2) is 0 Å². The molecule has 0 aliphatic carbocycles. The zero-order valence-corrected chi connectivity index (χ0v) is 22.8. The zero-order chi connectivity index (χ0) is 27.1. The molecule has 0 unspecified atom stereocenters. The van der Waals surface area contributed by atoms with E-state index in [1.54, 1.807) is 0 Å². The standard InChI is InChI=1S/C38H30N2/c1-27-12-19-32(20-13-27)39(33-21-14-28(2)15-22-33)34-23-16-29(17-24-34)30-18-25-38-36(26-30)35-10-6-7-11-37(35)40(38)31-8-4-3-5-9-31/h3-26H,1-2H3. The predicted octanol–water partition coefficient (Wildman–Crippen LogP) is 10.5.